The first kappa shape index (κ1) is 31.2. The van der Waals surface area contributed by atoms with Crippen molar-refractivity contribution in [2.75, 3.05) is 0 Å². The summed E-state index contributed by atoms with van der Waals surface area (Å²) in [5.41, 5.74) is 11.1. The molecule has 0 saturated heterocycles. The summed E-state index contributed by atoms with van der Waals surface area (Å²) in [4.78, 5) is 5.35. The molecule has 0 saturated carbocycles. The van der Waals surface area contributed by atoms with Gasteiger partial charge in [-0.15, -0.1) is 0 Å². The van der Waals surface area contributed by atoms with E-state index in [0.717, 1.165) is 39.3 Å². The molecule has 246 valence electrons. The van der Waals surface area contributed by atoms with E-state index in [9.17, 15) is 0 Å². The zero-order chi connectivity index (χ0) is 35.0. The van der Waals surface area contributed by atoms with Crippen LogP contribution in [0, 0.1) is 0 Å². The summed E-state index contributed by atoms with van der Waals surface area (Å²) in [6.45, 7) is 6.52. The van der Waals surface area contributed by atoms with Crippen molar-refractivity contribution < 1.29 is 0 Å². The van der Waals surface area contributed by atoms with E-state index in [4.69, 9.17) is 4.99 Å². The maximum atomic E-state index is 5.35. The van der Waals surface area contributed by atoms with Crippen molar-refractivity contribution in [2.24, 2.45) is 4.99 Å². The van der Waals surface area contributed by atoms with Crippen molar-refractivity contribution in [3.05, 3.63) is 206 Å². The second kappa shape index (κ2) is 13.2. The summed E-state index contributed by atoms with van der Waals surface area (Å²) in [6, 6.07) is 64.7. The quantitative estimate of drug-likeness (QED) is 0.0956. The first-order valence-electron chi connectivity index (χ1n) is 17.7. The van der Waals surface area contributed by atoms with E-state index >= 15 is 0 Å². The molecular weight excluding hydrogens is 629 g/mol. The number of allylic oxidation sites excluding steroid dienone is 2. The van der Waals surface area contributed by atoms with Crippen LogP contribution in [-0.2, 0) is 0 Å². The third-order valence-electron chi connectivity index (χ3n) is 10.1. The normalized spacial score (nSPS) is 12.2. The molecule has 0 fully saturated rings. The predicted octanol–water partition coefficient (Wildman–Crippen LogP) is 13.5. The molecule has 8 aromatic carbocycles. The SMILES string of the molecule is C=C(/C=C(\N=C(/C)n1c2ccccc2c2c3cc(-c4ccc(-c5ccccc5)c5ccccc45)ccc3ccc21)c1ccccc1)c1ccccc1. The highest BCUT2D eigenvalue weighted by Crippen LogP contribution is 2.40. The summed E-state index contributed by atoms with van der Waals surface area (Å²) in [7, 11) is 0. The average molecular weight is 665 g/mol. The van der Waals surface area contributed by atoms with E-state index in [1.807, 2.05) is 24.3 Å². The van der Waals surface area contributed by atoms with Gasteiger partial charge >= 0.3 is 0 Å². The Labute approximate surface area is 304 Å². The Morgan fingerprint density at radius 3 is 1.75 bits per heavy atom. The molecule has 0 bridgehead atoms. The lowest BCUT2D eigenvalue weighted by Crippen LogP contribution is -2.07. The second-order valence-corrected chi connectivity index (χ2v) is 13.3. The molecule has 0 aliphatic rings. The Hall–Kier alpha value is -6.77. The lowest BCUT2D eigenvalue weighted by atomic mass is 9.91. The van der Waals surface area contributed by atoms with Gasteiger partial charge in [0.2, 0.25) is 0 Å². The molecule has 0 amide bonds. The topological polar surface area (TPSA) is 17.3 Å². The van der Waals surface area contributed by atoms with Gasteiger partial charge in [0.25, 0.3) is 0 Å². The molecule has 1 heterocycles. The third kappa shape index (κ3) is 5.52. The molecule has 9 rings (SSSR count). The van der Waals surface area contributed by atoms with Gasteiger partial charge < -0.3 is 0 Å². The summed E-state index contributed by atoms with van der Waals surface area (Å²) in [5, 5.41) is 7.38. The number of rotatable bonds is 6. The number of aliphatic imine (C=N–C) groups is 1. The van der Waals surface area contributed by atoms with Crippen molar-refractivity contribution in [3.63, 3.8) is 0 Å². The largest absolute Gasteiger partial charge is 0.297 e. The molecule has 9 aromatic rings. The molecular formula is C50H36N2. The number of aromatic nitrogens is 1. The van der Waals surface area contributed by atoms with E-state index in [1.54, 1.807) is 0 Å². The molecule has 0 N–H and O–H groups in total. The van der Waals surface area contributed by atoms with Crippen LogP contribution in [0.3, 0.4) is 0 Å². The monoisotopic (exact) mass is 664 g/mol. The molecule has 52 heavy (non-hydrogen) atoms. The average Bonchev–Trinajstić information content (AvgIpc) is 3.56. The van der Waals surface area contributed by atoms with Crippen molar-refractivity contribution in [1.29, 1.82) is 0 Å². The predicted molar refractivity (Wildman–Crippen MR) is 224 cm³/mol. The zero-order valence-corrected chi connectivity index (χ0v) is 29.0. The van der Waals surface area contributed by atoms with E-state index in [1.165, 1.54) is 54.6 Å². The lowest BCUT2D eigenvalue weighted by Gasteiger charge is -2.13. The van der Waals surface area contributed by atoms with E-state index < -0.39 is 0 Å². The Morgan fingerprint density at radius 2 is 1.06 bits per heavy atom. The van der Waals surface area contributed by atoms with Gasteiger partial charge in [0.05, 0.1) is 16.7 Å². The van der Waals surface area contributed by atoms with Crippen LogP contribution in [0.25, 0.3) is 76.9 Å². The van der Waals surface area contributed by atoms with Crippen molar-refractivity contribution >= 4 is 60.5 Å². The minimum atomic E-state index is 0.867. The van der Waals surface area contributed by atoms with Crippen LogP contribution in [0.15, 0.2) is 200 Å². The van der Waals surface area contributed by atoms with Crippen molar-refractivity contribution in [3.8, 4) is 22.3 Å². The maximum absolute atomic E-state index is 5.35. The number of para-hydroxylation sites is 1. The molecule has 0 radical (unpaired) electrons. The smallest absolute Gasteiger partial charge is 0.111 e. The van der Waals surface area contributed by atoms with E-state index in [-0.39, 0.29) is 0 Å². The summed E-state index contributed by atoms with van der Waals surface area (Å²) in [5.74, 6) is 0.889. The summed E-state index contributed by atoms with van der Waals surface area (Å²) < 4.78 is 2.31. The molecule has 0 atom stereocenters. The maximum Gasteiger partial charge on any atom is 0.111 e. The van der Waals surface area contributed by atoms with Gasteiger partial charge in [0.15, 0.2) is 0 Å². The van der Waals surface area contributed by atoms with Crippen LogP contribution in [0.5, 0.6) is 0 Å². The Balaban J connectivity index is 1.23. The second-order valence-electron chi connectivity index (χ2n) is 13.3. The Morgan fingerprint density at radius 1 is 0.500 bits per heavy atom. The fourth-order valence-corrected chi connectivity index (χ4v) is 7.64. The number of hydrogen-bond donors (Lipinski definition) is 0. The van der Waals surface area contributed by atoms with E-state index in [2.05, 4.69) is 182 Å². The van der Waals surface area contributed by atoms with Gasteiger partial charge in [-0.2, -0.15) is 0 Å². The van der Waals surface area contributed by atoms with Gasteiger partial charge in [-0.3, -0.25) is 4.57 Å². The van der Waals surface area contributed by atoms with Gasteiger partial charge in [-0.05, 0) is 86.1 Å². The number of hydrogen-bond acceptors (Lipinski definition) is 1. The van der Waals surface area contributed by atoms with Crippen LogP contribution in [0.2, 0.25) is 0 Å². The van der Waals surface area contributed by atoms with Crippen LogP contribution >= 0.6 is 0 Å². The molecule has 1 aromatic heterocycles. The number of nitrogens with zero attached hydrogens (tertiary/aromatic N) is 2. The Kier molecular flexibility index (Phi) is 7.91. The van der Waals surface area contributed by atoms with Gasteiger partial charge in [-0.1, -0.05) is 170 Å². The summed E-state index contributed by atoms with van der Waals surface area (Å²) in [6.07, 6.45) is 2.09. The van der Waals surface area contributed by atoms with Crippen molar-refractivity contribution in [1.82, 2.24) is 4.57 Å². The molecule has 0 aliphatic carbocycles. The molecule has 0 spiro atoms. The van der Waals surface area contributed by atoms with Gasteiger partial charge in [-0.25, -0.2) is 4.99 Å². The fraction of sp³-hybridized carbons (Fsp3) is 0.0200. The highest BCUT2D eigenvalue weighted by Gasteiger charge is 2.17. The minimum Gasteiger partial charge on any atom is -0.297 e. The lowest BCUT2D eigenvalue weighted by molar-refractivity contribution is 1.24. The summed E-state index contributed by atoms with van der Waals surface area (Å²) >= 11 is 0. The van der Waals surface area contributed by atoms with Gasteiger partial charge in [0.1, 0.15) is 5.84 Å². The first-order chi connectivity index (χ1) is 25.6. The molecule has 2 nitrogen and oxygen atoms in total. The van der Waals surface area contributed by atoms with Crippen LogP contribution in [-0.4, -0.2) is 10.4 Å². The number of fused-ring (bicyclic) bond motifs is 6. The van der Waals surface area contributed by atoms with E-state index in [0.29, 0.717) is 0 Å². The van der Waals surface area contributed by atoms with Crippen LogP contribution in [0.1, 0.15) is 18.1 Å². The highest BCUT2D eigenvalue weighted by molar-refractivity contribution is 6.24. The van der Waals surface area contributed by atoms with Crippen molar-refractivity contribution in [2.45, 2.75) is 6.92 Å². The fourth-order valence-electron chi connectivity index (χ4n) is 7.64. The molecule has 0 unspecified atom stereocenters. The standard InChI is InChI=1S/C50H36N2/c1-34(36-16-6-3-7-17-36)32-47(39-20-10-5-11-21-39)51-35(2)52-48-25-15-14-24-45(48)50-46-33-40(27-26-38(46)28-31-49(50)52)42-30-29-41(37-18-8-4-9-19-37)43-22-12-13-23-44(42)43/h3-33H,1H2,2H3/b47-32-,51-35+. The zero-order valence-electron chi connectivity index (χ0n) is 29.0. The highest BCUT2D eigenvalue weighted by atomic mass is 15.1. The van der Waals surface area contributed by atoms with Crippen LogP contribution in [0.4, 0.5) is 0 Å². The minimum absolute atomic E-state index is 0.867. The van der Waals surface area contributed by atoms with Crippen LogP contribution < -0.4 is 0 Å². The first-order valence-corrected chi connectivity index (χ1v) is 17.7. The van der Waals surface area contributed by atoms with Gasteiger partial charge in [0, 0.05) is 16.3 Å². The molecule has 2 heteroatoms. The molecule has 0 aliphatic heterocycles. The Bertz CT molecular complexity index is 2840. The number of benzene rings is 8. The third-order valence-corrected chi connectivity index (χ3v) is 10.1.